The van der Waals surface area contributed by atoms with Gasteiger partial charge in [0.1, 0.15) is 6.54 Å². The lowest BCUT2D eigenvalue weighted by molar-refractivity contribution is -0.144. The zero-order chi connectivity index (χ0) is 14.4. The Hall–Kier alpha value is -1.81. The number of nitrogens with zero attached hydrogens (tertiary/aromatic N) is 1. The third-order valence-corrected chi connectivity index (χ3v) is 3.30. The lowest BCUT2D eigenvalue weighted by Gasteiger charge is -2.09. The number of ether oxygens (including phenoxy) is 1. The van der Waals surface area contributed by atoms with Crippen LogP contribution < -0.4 is 5.32 Å². The number of carbonyl (C=O) groups excluding carboxylic acids is 1. The molecule has 1 heterocycles. The van der Waals surface area contributed by atoms with Crippen LogP contribution in [0.15, 0.2) is 30.5 Å². The van der Waals surface area contributed by atoms with Crippen molar-refractivity contribution in [2.75, 3.05) is 13.7 Å². The van der Waals surface area contributed by atoms with E-state index in [1.54, 1.807) is 0 Å². The van der Waals surface area contributed by atoms with Crippen LogP contribution in [0.5, 0.6) is 0 Å². The van der Waals surface area contributed by atoms with Gasteiger partial charge in [0.2, 0.25) is 0 Å². The number of aromatic nitrogens is 1. The van der Waals surface area contributed by atoms with Crippen molar-refractivity contribution in [1.29, 1.82) is 0 Å². The molecule has 1 aromatic carbocycles. The number of esters is 1. The summed E-state index contributed by atoms with van der Waals surface area (Å²) >= 11 is 0. The van der Waals surface area contributed by atoms with Crippen molar-refractivity contribution in [3.8, 4) is 0 Å². The highest BCUT2D eigenvalue weighted by Gasteiger charge is 2.10. The van der Waals surface area contributed by atoms with Crippen LogP contribution in [-0.4, -0.2) is 24.2 Å². The molecule has 0 amide bonds. The molecule has 1 N–H and O–H groups in total. The fraction of sp³-hybridized carbons (Fsp3) is 0.438. The first kappa shape index (κ1) is 14.6. The van der Waals surface area contributed by atoms with Gasteiger partial charge in [-0.15, -0.1) is 0 Å². The maximum absolute atomic E-state index is 11.8. The van der Waals surface area contributed by atoms with Gasteiger partial charge in [-0.2, -0.15) is 0 Å². The maximum Gasteiger partial charge on any atom is 0.325 e. The summed E-state index contributed by atoms with van der Waals surface area (Å²) in [5, 5.41) is 4.31. The molecule has 0 fully saturated rings. The molecule has 0 spiro atoms. The molecule has 2 rings (SSSR count). The van der Waals surface area contributed by atoms with E-state index < -0.39 is 0 Å². The maximum atomic E-state index is 11.8. The zero-order valence-electron chi connectivity index (χ0n) is 12.2. The Morgan fingerprint density at radius 2 is 2.20 bits per heavy atom. The number of rotatable bonds is 7. The van der Waals surface area contributed by atoms with E-state index in [-0.39, 0.29) is 12.5 Å². The van der Waals surface area contributed by atoms with Crippen LogP contribution in [0.2, 0.25) is 0 Å². The molecule has 108 valence electrons. The van der Waals surface area contributed by atoms with Crippen LogP contribution in [0.25, 0.3) is 10.9 Å². The molecular weight excluding hydrogens is 252 g/mol. The second-order valence-corrected chi connectivity index (χ2v) is 4.90. The van der Waals surface area contributed by atoms with Crippen molar-refractivity contribution in [3.63, 3.8) is 0 Å². The molecule has 4 nitrogen and oxygen atoms in total. The van der Waals surface area contributed by atoms with Crippen LogP contribution in [0.1, 0.15) is 25.3 Å². The number of carbonyl (C=O) groups is 1. The Morgan fingerprint density at radius 1 is 1.35 bits per heavy atom. The van der Waals surface area contributed by atoms with Crippen LogP contribution in [0, 0.1) is 0 Å². The topological polar surface area (TPSA) is 43.3 Å². The molecular formula is C16H22N2O2. The van der Waals surface area contributed by atoms with E-state index in [1.807, 2.05) is 29.9 Å². The SMILES string of the molecule is CCCCOC(=O)Cn1ccc2cccc(CNC)c21. The van der Waals surface area contributed by atoms with E-state index in [9.17, 15) is 4.79 Å². The lowest BCUT2D eigenvalue weighted by Crippen LogP contribution is -2.15. The number of nitrogens with one attached hydrogen (secondary N) is 1. The molecule has 0 unspecified atom stereocenters. The van der Waals surface area contributed by atoms with Crippen molar-refractivity contribution in [2.45, 2.75) is 32.9 Å². The first-order valence-electron chi connectivity index (χ1n) is 7.13. The highest BCUT2D eigenvalue weighted by molar-refractivity contribution is 5.85. The third-order valence-electron chi connectivity index (χ3n) is 3.30. The van der Waals surface area contributed by atoms with Crippen molar-refractivity contribution >= 4 is 16.9 Å². The number of fused-ring (bicyclic) bond motifs is 1. The first-order chi connectivity index (χ1) is 9.76. The summed E-state index contributed by atoms with van der Waals surface area (Å²) in [5.74, 6) is -0.171. The summed E-state index contributed by atoms with van der Waals surface area (Å²) in [6.07, 6.45) is 3.90. The van der Waals surface area contributed by atoms with Crippen molar-refractivity contribution in [2.24, 2.45) is 0 Å². The number of hydrogen-bond acceptors (Lipinski definition) is 3. The van der Waals surface area contributed by atoms with Gasteiger partial charge in [-0.25, -0.2) is 0 Å². The fourth-order valence-corrected chi connectivity index (χ4v) is 2.32. The van der Waals surface area contributed by atoms with E-state index in [0.717, 1.165) is 30.3 Å². The van der Waals surface area contributed by atoms with E-state index in [2.05, 4.69) is 24.4 Å². The number of unbranched alkanes of at least 4 members (excludes halogenated alkanes) is 1. The average molecular weight is 274 g/mol. The molecule has 0 radical (unpaired) electrons. The van der Waals surface area contributed by atoms with Gasteiger partial charge >= 0.3 is 5.97 Å². The van der Waals surface area contributed by atoms with Crippen molar-refractivity contribution < 1.29 is 9.53 Å². The summed E-state index contributed by atoms with van der Waals surface area (Å²) in [7, 11) is 1.92. The summed E-state index contributed by atoms with van der Waals surface area (Å²) in [5.41, 5.74) is 2.30. The Morgan fingerprint density at radius 3 is 2.95 bits per heavy atom. The standard InChI is InChI=1S/C16H22N2O2/c1-3-4-10-20-15(19)12-18-9-8-13-6-5-7-14(11-17-2)16(13)18/h5-9,17H,3-4,10-12H2,1-2H3. The van der Waals surface area contributed by atoms with Gasteiger partial charge in [0.05, 0.1) is 12.1 Å². The van der Waals surface area contributed by atoms with Gasteiger partial charge in [0.15, 0.2) is 0 Å². The van der Waals surface area contributed by atoms with Gasteiger partial charge in [0, 0.05) is 12.7 Å². The molecule has 0 atom stereocenters. The quantitative estimate of drug-likeness (QED) is 0.623. The smallest absolute Gasteiger partial charge is 0.325 e. The minimum Gasteiger partial charge on any atom is -0.464 e. The van der Waals surface area contributed by atoms with Gasteiger partial charge < -0.3 is 14.6 Å². The highest BCUT2D eigenvalue weighted by Crippen LogP contribution is 2.20. The Labute approximate surface area is 119 Å². The van der Waals surface area contributed by atoms with Gasteiger partial charge in [0.25, 0.3) is 0 Å². The van der Waals surface area contributed by atoms with Crippen LogP contribution >= 0.6 is 0 Å². The second-order valence-electron chi connectivity index (χ2n) is 4.90. The number of hydrogen-bond donors (Lipinski definition) is 1. The Kier molecular flexibility index (Phi) is 5.18. The monoisotopic (exact) mass is 274 g/mol. The summed E-state index contributed by atoms with van der Waals surface area (Å²) in [4.78, 5) is 11.8. The molecule has 0 bridgehead atoms. The van der Waals surface area contributed by atoms with Crippen LogP contribution in [-0.2, 0) is 22.6 Å². The predicted octanol–water partition coefficient (Wildman–Crippen LogP) is 2.70. The lowest BCUT2D eigenvalue weighted by atomic mass is 10.1. The number of para-hydroxylation sites is 1. The second kappa shape index (κ2) is 7.10. The minimum atomic E-state index is -0.171. The van der Waals surface area contributed by atoms with Crippen LogP contribution in [0.4, 0.5) is 0 Å². The molecule has 4 heteroatoms. The first-order valence-corrected chi connectivity index (χ1v) is 7.13. The minimum absolute atomic E-state index is 0.171. The zero-order valence-corrected chi connectivity index (χ0v) is 12.2. The molecule has 1 aromatic heterocycles. The summed E-state index contributed by atoms with van der Waals surface area (Å²) in [6, 6.07) is 8.22. The van der Waals surface area contributed by atoms with Crippen molar-refractivity contribution in [1.82, 2.24) is 9.88 Å². The molecule has 2 aromatic rings. The van der Waals surface area contributed by atoms with E-state index >= 15 is 0 Å². The predicted molar refractivity (Wildman–Crippen MR) is 80.6 cm³/mol. The van der Waals surface area contributed by atoms with Gasteiger partial charge in [-0.05, 0) is 30.5 Å². The third kappa shape index (κ3) is 3.39. The van der Waals surface area contributed by atoms with Gasteiger partial charge in [-0.3, -0.25) is 4.79 Å². The number of benzene rings is 1. The largest absolute Gasteiger partial charge is 0.464 e. The van der Waals surface area contributed by atoms with E-state index in [1.165, 1.54) is 5.56 Å². The van der Waals surface area contributed by atoms with Crippen molar-refractivity contribution in [3.05, 3.63) is 36.0 Å². The summed E-state index contributed by atoms with van der Waals surface area (Å²) < 4.78 is 7.20. The Balaban J connectivity index is 2.15. The fourth-order valence-electron chi connectivity index (χ4n) is 2.32. The highest BCUT2D eigenvalue weighted by atomic mass is 16.5. The molecule has 0 aliphatic carbocycles. The Bertz CT molecular complexity index is 575. The molecule has 20 heavy (non-hydrogen) atoms. The average Bonchev–Trinajstić information content (AvgIpc) is 2.84. The molecule has 0 aliphatic rings. The van der Waals surface area contributed by atoms with E-state index in [4.69, 9.17) is 4.74 Å². The molecule has 0 saturated carbocycles. The molecule has 0 aliphatic heterocycles. The van der Waals surface area contributed by atoms with Gasteiger partial charge in [-0.1, -0.05) is 31.5 Å². The molecule has 0 saturated heterocycles. The normalized spacial score (nSPS) is 10.9. The summed E-state index contributed by atoms with van der Waals surface area (Å²) in [6.45, 7) is 3.65. The van der Waals surface area contributed by atoms with Crippen LogP contribution in [0.3, 0.4) is 0 Å². The van der Waals surface area contributed by atoms with E-state index in [0.29, 0.717) is 6.61 Å².